The standard InChI is InChI=1S/C22H27F2N5O/c23-22(24)4-1-5-27(14-22)12-18-2-3-20-19-6-16(11-29(20)21(18)30)9-28(13-19)10-17-7-25-15-26-8-17/h2-3,7-8,15-16,19H,1,4-6,9-14H2/t16-,19+/m0/s1. The van der Waals surface area contributed by atoms with Gasteiger partial charge in [-0.3, -0.25) is 14.6 Å². The zero-order chi connectivity index (χ0) is 20.7. The fourth-order valence-corrected chi connectivity index (χ4v) is 5.43. The molecule has 0 N–H and O–H groups in total. The quantitative estimate of drug-likeness (QED) is 0.768. The van der Waals surface area contributed by atoms with Crippen molar-refractivity contribution < 1.29 is 8.78 Å². The van der Waals surface area contributed by atoms with Crippen LogP contribution in [0.2, 0.25) is 0 Å². The number of nitrogens with zero attached hydrogens (tertiary/aromatic N) is 5. The molecule has 2 bridgehead atoms. The summed E-state index contributed by atoms with van der Waals surface area (Å²) in [6, 6.07) is 3.92. The minimum atomic E-state index is -2.65. The van der Waals surface area contributed by atoms with E-state index in [0.717, 1.165) is 37.3 Å². The van der Waals surface area contributed by atoms with Crippen LogP contribution in [0.3, 0.4) is 0 Å². The van der Waals surface area contributed by atoms with Crippen LogP contribution in [0.15, 0.2) is 35.6 Å². The van der Waals surface area contributed by atoms with Crippen LogP contribution < -0.4 is 5.56 Å². The number of pyridine rings is 1. The molecule has 5 heterocycles. The van der Waals surface area contributed by atoms with E-state index < -0.39 is 5.92 Å². The third-order valence-electron chi connectivity index (χ3n) is 6.64. The van der Waals surface area contributed by atoms with Crippen molar-refractivity contribution >= 4 is 0 Å². The van der Waals surface area contributed by atoms with Crippen LogP contribution in [-0.2, 0) is 19.6 Å². The van der Waals surface area contributed by atoms with E-state index in [1.54, 1.807) is 11.2 Å². The molecule has 0 amide bonds. The highest BCUT2D eigenvalue weighted by Crippen LogP contribution is 2.36. The summed E-state index contributed by atoms with van der Waals surface area (Å²) in [7, 11) is 0. The first kappa shape index (κ1) is 19.8. The van der Waals surface area contributed by atoms with Crippen molar-refractivity contribution in [3.8, 4) is 0 Å². The summed E-state index contributed by atoms with van der Waals surface area (Å²) < 4.78 is 29.4. The molecule has 0 aliphatic carbocycles. The molecule has 0 radical (unpaired) electrons. The summed E-state index contributed by atoms with van der Waals surface area (Å²) in [6.07, 6.45) is 6.77. The Morgan fingerprint density at radius 1 is 1.07 bits per heavy atom. The molecule has 160 valence electrons. The van der Waals surface area contributed by atoms with E-state index in [-0.39, 0.29) is 18.5 Å². The first-order chi connectivity index (χ1) is 14.5. The molecule has 0 aromatic carbocycles. The second kappa shape index (κ2) is 7.81. The highest BCUT2D eigenvalue weighted by molar-refractivity contribution is 5.22. The molecule has 6 nitrogen and oxygen atoms in total. The van der Waals surface area contributed by atoms with Gasteiger partial charge < -0.3 is 4.57 Å². The maximum Gasteiger partial charge on any atom is 0.260 e. The average Bonchev–Trinajstić information content (AvgIpc) is 2.70. The Morgan fingerprint density at radius 3 is 2.70 bits per heavy atom. The number of hydrogen-bond donors (Lipinski definition) is 0. The van der Waals surface area contributed by atoms with E-state index in [9.17, 15) is 13.6 Å². The van der Waals surface area contributed by atoms with Crippen LogP contribution in [0.4, 0.5) is 8.78 Å². The van der Waals surface area contributed by atoms with Gasteiger partial charge >= 0.3 is 0 Å². The van der Waals surface area contributed by atoms with Gasteiger partial charge in [-0.05, 0) is 31.4 Å². The summed E-state index contributed by atoms with van der Waals surface area (Å²) in [6.45, 7) is 4.06. The van der Waals surface area contributed by atoms with Gasteiger partial charge in [-0.1, -0.05) is 6.07 Å². The van der Waals surface area contributed by atoms with Gasteiger partial charge in [-0.25, -0.2) is 18.7 Å². The first-order valence-corrected chi connectivity index (χ1v) is 10.8. The van der Waals surface area contributed by atoms with Crippen LogP contribution in [0.1, 0.15) is 42.0 Å². The van der Waals surface area contributed by atoms with Crippen molar-refractivity contribution in [2.75, 3.05) is 26.2 Å². The molecule has 2 aromatic rings. The fourth-order valence-electron chi connectivity index (χ4n) is 5.43. The Bertz CT molecular complexity index is 964. The second-order valence-electron chi connectivity index (χ2n) is 9.11. The molecular weight excluding hydrogens is 388 g/mol. The average molecular weight is 415 g/mol. The molecule has 2 saturated heterocycles. The van der Waals surface area contributed by atoms with E-state index in [2.05, 4.69) is 20.9 Å². The number of halogens is 2. The Balaban J connectivity index is 1.33. The molecule has 2 aromatic heterocycles. The van der Waals surface area contributed by atoms with E-state index in [1.807, 2.05) is 23.0 Å². The largest absolute Gasteiger partial charge is 0.312 e. The second-order valence-corrected chi connectivity index (χ2v) is 9.11. The highest BCUT2D eigenvalue weighted by Gasteiger charge is 2.37. The lowest BCUT2D eigenvalue weighted by Crippen LogP contribution is -2.48. The minimum absolute atomic E-state index is 0.000925. The Kier molecular flexibility index (Phi) is 5.14. The van der Waals surface area contributed by atoms with Gasteiger partial charge in [-0.15, -0.1) is 0 Å². The zero-order valence-corrected chi connectivity index (χ0v) is 17.0. The summed E-state index contributed by atoms with van der Waals surface area (Å²) in [5.41, 5.74) is 2.82. The topological polar surface area (TPSA) is 54.3 Å². The number of likely N-dealkylation sites (tertiary alicyclic amines) is 2. The van der Waals surface area contributed by atoms with Gasteiger partial charge in [0.1, 0.15) is 6.33 Å². The lowest BCUT2D eigenvalue weighted by Gasteiger charge is -2.43. The number of hydrogen-bond acceptors (Lipinski definition) is 5. The van der Waals surface area contributed by atoms with Crippen LogP contribution in [0.25, 0.3) is 0 Å². The fraction of sp³-hybridized carbons (Fsp3) is 0.591. The summed E-state index contributed by atoms with van der Waals surface area (Å²) in [5, 5.41) is 0. The van der Waals surface area contributed by atoms with Crippen molar-refractivity contribution in [1.29, 1.82) is 0 Å². The molecule has 8 heteroatoms. The van der Waals surface area contributed by atoms with E-state index in [1.165, 1.54) is 0 Å². The normalized spacial score (nSPS) is 26.3. The lowest BCUT2D eigenvalue weighted by molar-refractivity contribution is -0.0662. The first-order valence-electron chi connectivity index (χ1n) is 10.8. The monoisotopic (exact) mass is 415 g/mol. The third kappa shape index (κ3) is 4.03. The van der Waals surface area contributed by atoms with Crippen LogP contribution in [0.5, 0.6) is 0 Å². The Labute approximate surface area is 174 Å². The third-order valence-corrected chi connectivity index (χ3v) is 6.64. The molecule has 30 heavy (non-hydrogen) atoms. The molecule has 2 fully saturated rings. The molecule has 2 atom stereocenters. The van der Waals surface area contributed by atoms with Gasteiger partial charge in [0.25, 0.3) is 11.5 Å². The molecule has 0 saturated carbocycles. The summed E-state index contributed by atoms with van der Waals surface area (Å²) >= 11 is 0. The van der Waals surface area contributed by atoms with Gasteiger partial charge in [-0.2, -0.15) is 0 Å². The smallest absolute Gasteiger partial charge is 0.260 e. The maximum absolute atomic E-state index is 13.7. The number of piperidine rings is 2. The van der Waals surface area contributed by atoms with Crippen molar-refractivity contribution in [2.45, 2.75) is 50.7 Å². The van der Waals surface area contributed by atoms with Crippen molar-refractivity contribution in [2.24, 2.45) is 5.92 Å². The SMILES string of the molecule is O=c1c(CN2CCCC(F)(F)C2)ccc2n1C[C@H]1C[C@@H]2CN(Cc2cncnc2)C1. The Morgan fingerprint density at radius 2 is 1.90 bits per heavy atom. The zero-order valence-electron chi connectivity index (χ0n) is 17.0. The van der Waals surface area contributed by atoms with E-state index >= 15 is 0 Å². The summed E-state index contributed by atoms with van der Waals surface area (Å²) in [4.78, 5) is 25.5. The highest BCUT2D eigenvalue weighted by atomic mass is 19.3. The minimum Gasteiger partial charge on any atom is -0.312 e. The number of alkyl halides is 2. The van der Waals surface area contributed by atoms with E-state index in [0.29, 0.717) is 43.5 Å². The van der Waals surface area contributed by atoms with Crippen LogP contribution in [-0.4, -0.2) is 56.4 Å². The van der Waals surface area contributed by atoms with Crippen molar-refractivity contribution in [1.82, 2.24) is 24.3 Å². The summed E-state index contributed by atoms with van der Waals surface area (Å²) in [5.74, 6) is -1.90. The van der Waals surface area contributed by atoms with Gasteiger partial charge in [0.15, 0.2) is 0 Å². The number of rotatable bonds is 4. The number of aromatic nitrogens is 3. The van der Waals surface area contributed by atoms with E-state index in [4.69, 9.17) is 0 Å². The molecular formula is C22H27F2N5O. The van der Waals surface area contributed by atoms with Gasteiger partial charge in [0.2, 0.25) is 0 Å². The lowest BCUT2D eigenvalue weighted by atomic mass is 9.83. The van der Waals surface area contributed by atoms with Gasteiger partial charge in [0, 0.05) is 74.3 Å². The van der Waals surface area contributed by atoms with Crippen molar-refractivity contribution in [3.63, 3.8) is 0 Å². The molecule has 0 spiro atoms. The van der Waals surface area contributed by atoms with Crippen molar-refractivity contribution in [3.05, 3.63) is 58.0 Å². The van der Waals surface area contributed by atoms with Crippen LogP contribution >= 0.6 is 0 Å². The molecule has 0 unspecified atom stereocenters. The molecule has 3 aliphatic heterocycles. The molecule has 5 rings (SSSR count). The molecule has 3 aliphatic rings. The predicted octanol–water partition coefficient (Wildman–Crippen LogP) is 2.49. The Hall–Kier alpha value is -2.19. The van der Waals surface area contributed by atoms with Gasteiger partial charge in [0.05, 0.1) is 6.54 Å². The predicted molar refractivity (Wildman–Crippen MR) is 108 cm³/mol. The maximum atomic E-state index is 13.7. The number of fused-ring (bicyclic) bond motifs is 4. The van der Waals surface area contributed by atoms with Crippen LogP contribution in [0, 0.1) is 5.92 Å².